The first-order chi connectivity index (χ1) is 13.7. The van der Waals surface area contributed by atoms with Crippen LogP contribution in [0.3, 0.4) is 0 Å². The fourth-order valence-electron chi connectivity index (χ4n) is 2.16. The number of halogens is 4. The summed E-state index contributed by atoms with van der Waals surface area (Å²) < 4.78 is 55.1. The molecule has 3 amide bonds. The highest BCUT2D eigenvalue weighted by Crippen LogP contribution is 2.16. The van der Waals surface area contributed by atoms with E-state index in [1.54, 1.807) is 11.4 Å². The first kappa shape index (κ1) is 22.0. The summed E-state index contributed by atoms with van der Waals surface area (Å²) in [5.74, 6) is -1.29. The van der Waals surface area contributed by atoms with Crippen LogP contribution in [-0.4, -0.2) is 49.8 Å². The molecule has 0 aliphatic rings. The van der Waals surface area contributed by atoms with Gasteiger partial charge >= 0.3 is 12.2 Å². The highest BCUT2D eigenvalue weighted by atomic mass is 19.4. The summed E-state index contributed by atoms with van der Waals surface area (Å²) in [7, 11) is 1.51. The molecule has 0 bridgehead atoms. The molecule has 0 atom stereocenters. The van der Waals surface area contributed by atoms with Gasteiger partial charge in [0.1, 0.15) is 13.2 Å². The molecular weight excluding hydrogens is 394 g/mol. The van der Waals surface area contributed by atoms with Gasteiger partial charge in [-0.25, -0.2) is 9.18 Å². The van der Waals surface area contributed by atoms with Gasteiger partial charge in [0.15, 0.2) is 11.6 Å². The van der Waals surface area contributed by atoms with E-state index in [1.165, 1.54) is 54.4 Å². The van der Waals surface area contributed by atoms with Crippen molar-refractivity contribution in [3.8, 4) is 5.75 Å². The van der Waals surface area contributed by atoms with Crippen molar-refractivity contribution in [2.45, 2.75) is 6.18 Å². The lowest BCUT2D eigenvalue weighted by Gasteiger charge is -2.18. The number of carbonyl (C=O) groups excluding carboxylic acids is 2. The zero-order valence-corrected chi connectivity index (χ0v) is 15.4. The van der Waals surface area contributed by atoms with Gasteiger partial charge in [-0.05, 0) is 36.4 Å². The van der Waals surface area contributed by atoms with Crippen LogP contribution in [0.2, 0.25) is 0 Å². The maximum atomic E-state index is 13.5. The minimum atomic E-state index is -4.50. The van der Waals surface area contributed by atoms with Crippen molar-refractivity contribution in [1.29, 1.82) is 0 Å². The van der Waals surface area contributed by atoms with Crippen molar-refractivity contribution in [2.24, 2.45) is 0 Å². The largest absolute Gasteiger partial charge is 0.489 e. The molecule has 0 spiro atoms. The van der Waals surface area contributed by atoms with Crippen LogP contribution in [0.25, 0.3) is 0 Å². The Hall–Kier alpha value is -3.30. The number of amides is 3. The van der Waals surface area contributed by atoms with Gasteiger partial charge in [-0.15, -0.1) is 0 Å². The van der Waals surface area contributed by atoms with E-state index in [-0.39, 0.29) is 24.5 Å². The van der Waals surface area contributed by atoms with E-state index in [0.717, 1.165) is 0 Å². The van der Waals surface area contributed by atoms with E-state index >= 15 is 0 Å². The number of ether oxygens (including phenoxy) is 1. The van der Waals surface area contributed by atoms with E-state index in [9.17, 15) is 27.2 Å². The molecule has 2 aromatic rings. The number of alkyl halides is 3. The summed E-state index contributed by atoms with van der Waals surface area (Å²) >= 11 is 0. The fraction of sp³-hybridized carbons (Fsp3) is 0.263. The number of benzene rings is 2. The molecule has 0 fully saturated rings. The lowest BCUT2D eigenvalue weighted by Crippen LogP contribution is -2.34. The van der Waals surface area contributed by atoms with Crippen molar-refractivity contribution in [1.82, 2.24) is 10.2 Å². The quantitative estimate of drug-likeness (QED) is 0.681. The van der Waals surface area contributed by atoms with Crippen LogP contribution in [0, 0.1) is 5.82 Å². The molecule has 0 aliphatic carbocycles. The van der Waals surface area contributed by atoms with Crippen LogP contribution in [-0.2, 0) is 0 Å². The molecule has 0 unspecified atom stereocenters. The zero-order valence-electron chi connectivity index (χ0n) is 15.4. The predicted octanol–water partition coefficient (Wildman–Crippen LogP) is 3.66. The van der Waals surface area contributed by atoms with Crippen molar-refractivity contribution in [3.05, 3.63) is 59.9 Å². The van der Waals surface area contributed by atoms with Gasteiger partial charge in [-0.3, -0.25) is 4.79 Å². The van der Waals surface area contributed by atoms with Crippen molar-refractivity contribution in [3.63, 3.8) is 0 Å². The summed E-state index contributed by atoms with van der Waals surface area (Å²) in [5.41, 5.74) is 0.378. The third kappa shape index (κ3) is 7.32. The maximum absolute atomic E-state index is 13.5. The normalized spacial score (nSPS) is 10.9. The summed E-state index contributed by atoms with van der Waals surface area (Å²) in [6, 6.07) is 10.8. The molecule has 0 radical (unpaired) electrons. The SMILES string of the molecule is CN(CCOc1ccccc1F)C(=O)Nc1ccc(C(=O)NCC(F)(F)F)cc1. The average molecular weight is 413 g/mol. The van der Waals surface area contributed by atoms with Gasteiger partial charge in [0.2, 0.25) is 0 Å². The second-order valence-electron chi connectivity index (χ2n) is 6.01. The molecule has 0 aromatic heterocycles. The van der Waals surface area contributed by atoms with Gasteiger partial charge in [-0.2, -0.15) is 13.2 Å². The molecule has 29 heavy (non-hydrogen) atoms. The Kier molecular flexibility index (Phi) is 7.40. The van der Waals surface area contributed by atoms with Crippen molar-refractivity contribution >= 4 is 17.6 Å². The van der Waals surface area contributed by atoms with Crippen LogP contribution in [0.5, 0.6) is 5.75 Å². The molecule has 10 heteroatoms. The molecule has 0 saturated carbocycles. The van der Waals surface area contributed by atoms with Crippen LogP contribution in [0.15, 0.2) is 48.5 Å². The molecule has 156 valence electrons. The smallest absolute Gasteiger partial charge is 0.405 e. The minimum Gasteiger partial charge on any atom is -0.489 e. The van der Waals surface area contributed by atoms with Crippen molar-refractivity contribution in [2.75, 3.05) is 32.1 Å². The number of hydrogen-bond donors (Lipinski definition) is 2. The zero-order chi connectivity index (χ0) is 21.4. The van der Waals surface area contributed by atoms with Crippen LogP contribution >= 0.6 is 0 Å². The van der Waals surface area contributed by atoms with E-state index in [4.69, 9.17) is 4.74 Å². The second-order valence-corrected chi connectivity index (χ2v) is 6.01. The second kappa shape index (κ2) is 9.76. The van der Waals surface area contributed by atoms with Crippen LogP contribution < -0.4 is 15.4 Å². The number of anilines is 1. The molecule has 6 nitrogen and oxygen atoms in total. The minimum absolute atomic E-state index is 0.0268. The summed E-state index contributed by atoms with van der Waals surface area (Å²) in [5, 5.41) is 4.33. The van der Waals surface area contributed by atoms with Crippen molar-refractivity contribution < 1.29 is 31.9 Å². The number of likely N-dealkylation sites (N-methyl/N-ethyl adjacent to an activating group) is 1. The number of para-hydroxylation sites is 1. The molecule has 0 saturated heterocycles. The van der Waals surface area contributed by atoms with Crippen LogP contribution in [0.4, 0.5) is 28.0 Å². The standard InChI is InChI=1S/C19H19F4N3O3/c1-26(10-11-29-16-5-3-2-4-15(16)20)18(28)25-14-8-6-13(7-9-14)17(27)24-12-19(21,22)23/h2-9H,10-12H2,1H3,(H,24,27)(H,25,28). The summed E-state index contributed by atoms with van der Waals surface area (Å²) in [6.45, 7) is -1.18. The molecule has 0 heterocycles. The van der Waals surface area contributed by atoms with Gasteiger partial charge in [-0.1, -0.05) is 12.1 Å². The summed E-state index contributed by atoms with van der Waals surface area (Å²) in [4.78, 5) is 25.1. The van der Waals surface area contributed by atoms with E-state index < -0.39 is 30.5 Å². The number of nitrogens with one attached hydrogen (secondary N) is 2. The highest BCUT2D eigenvalue weighted by Gasteiger charge is 2.27. The van der Waals surface area contributed by atoms with E-state index in [0.29, 0.717) is 5.69 Å². The Morgan fingerprint density at radius 1 is 1.07 bits per heavy atom. The van der Waals surface area contributed by atoms with E-state index in [1.807, 2.05) is 0 Å². The third-order valence-corrected chi connectivity index (χ3v) is 3.72. The first-order valence-electron chi connectivity index (χ1n) is 8.50. The summed E-state index contributed by atoms with van der Waals surface area (Å²) in [6.07, 6.45) is -4.50. The van der Waals surface area contributed by atoms with Gasteiger partial charge in [0, 0.05) is 18.3 Å². The molecule has 0 aliphatic heterocycles. The van der Waals surface area contributed by atoms with Crippen LogP contribution in [0.1, 0.15) is 10.4 Å². The van der Waals surface area contributed by atoms with Gasteiger partial charge in [0.25, 0.3) is 5.91 Å². The number of carbonyl (C=O) groups is 2. The fourth-order valence-corrected chi connectivity index (χ4v) is 2.16. The Morgan fingerprint density at radius 3 is 2.34 bits per heavy atom. The number of nitrogens with zero attached hydrogens (tertiary/aromatic N) is 1. The van der Waals surface area contributed by atoms with E-state index in [2.05, 4.69) is 5.32 Å². The maximum Gasteiger partial charge on any atom is 0.405 e. The monoisotopic (exact) mass is 413 g/mol. The molecule has 2 N–H and O–H groups in total. The Labute approximate surface area is 164 Å². The first-order valence-corrected chi connectivity index (χ1v) is 8.50. The Morgan fingerprint density at radius 2 is 1.72 bits per heavy atom. The lowest BCUT2D eigenvalue weighted by atomic mass is 10.2. The number of hydrogen-bond acceptors (Lipinski definition) is 3. The number of urea groups is 1. The molecule has 2 rings (SSSR count). The Balaban J connectivity index is 1.80. The lowest BCUT2D eigenvalue weighted by molar-refractivity contribution is -0.123. The number of rotatable bonds is 7. The molecular formula is C19H19F4N3O3. The molecule has 2 aromatic carbocycles. The predicted molar refractivity (Wildman–Crippen MR) is 98.4 cm³/mol. The van der Waals surface area contributed by atoms with Gasteiger partial charge < -0.3 is 20.3 Å². The Bertz CT molecular complexity index is 841. The average Bonchev–Trinajstić information content (AvgIpc) is 2.67. The highest BCUT2D eigenvalue weighted by molar-refractivity contribution is 5.95. The third-order valence-electron chi connectivity index (χ3n) is 3.72. The van der Waals surface area contributed by atoms with Gasteiger partial charge in [0.05, 0.1) is 6.54 Å². The topological polar surface area (TPSA) is 70.7 Å².